The number of rotatable bonds is 4. The van der Waals surface area contributed by atoms with Gasteiger partial charge in [0.1, 0.15) is 0 Å². The van der Waals surface area contributed by atoms with E-state index in [2.05, 4.69) is 168 Å². The third-order valence-electron chi connectivity index (χ3n) is 9.85. The van der Waals surface area contributed by atoms with Gasteiger partial charge in [0.2, 0.25) is 0 Å². The molecule has 49 heavy (non-hydrogen) atoms. The molecule has 3 nitrogen and oxygen atoms in total. The van der Waals surface area contributed by atoms with E-state index in [4.69, 9.17) is 9.97 Å². The van der Waals surface area contributed by atoms with E-state index >= 15 is 0 Å². The Morgan fingerprint density at radius 3 is 1.35 bits per heavy atom. The molecule has 228 valence electrons. The van der Waals surface area contributed by atoms with E-state index in [1.165, 1.54) is 66.0 Å². The van der Waals surface area contributed by atoms with Crippen LogP contribution in [0.2, 0.25) is 0 Å². The fourth-order valence-electron chi connectivity index (χ4n) is 7.59. The number of para-hydroxylation sites is 2. The summed E-state index contributed by atoms with van der Waals surface area (Å²) in [5.41, 5.74) is 12.6. The summed E-state index contributed by atoms with van der Waals surface area (Å²) in [6.45, 7) is 0. The van der Waals surface area contributed by atoms with E-state index in [0.717, 1.165) is 27.5 Å². The second-order valence-electron chi connectivity index (χ2n) is 12.6. The van der Waals surface area contributed by atoms with Gasteiger partial charge in [0.15, 0.2) is 0 Å². The third-order valence-corrected chi connectivity index (χ3v) is 9.85. The highest BCUT2D eigenvalue weighted by Crippen LogP contribution is 2.37. The van der Waals surface area contributed by atoms with Crippen LogP contribution in [0.15, 0.2) is 176 Å². The van der Waals surface area contributed by atoms with Gasteiger partial charge in [0, 0.05) is 39.6 Å². The predicted molar refractivity (Wildman–Crippen MR) is 205 cm³/mol. The molecule has 0 saturated heterocycles. The van der Waals surface area contributed by atoms with Crippen molar-refractivity contribution in [2.24, 2.45) is 0 Å². The topological polar surface area (TPSA) is 30.7 Å². The highest BCUT2D eigenvalue weighted by molar-refractivity contribution is 6.23. The standard InChI is InChI=1S/C46H29N3/c1-2-19-40-37(16-1)42-29-35(22-23-41(42)46-45(40)47-24-25-48-46)33-13-8-11-31(27-33)30-10-7-12-32(26-30)34-14-9-15-36(28-34)49-43-20-5-3-17-38(43)39-18-4-6-21-44(39)49/h1-29H. The molecule has 0 atom stereocenters. The average Bonchev–Trinajstić information content (AvgIpc) is 3.52. The molecular formula is C46H29N3. The van der Waals surface area contributed by atoms with Gasteiger partial charge in [-0.05, 0) is 86.6 Å². The summed E-state index contributed by atoms with van der Waals surface area (Å²) in [5, 5.41) is 7.18. The van der Waals surface area contributed by atoms with Crippen LogP contribution in [0.25, 0.3) is 93.5 Å². The van der Waals surface area contributed by atoms with Crippen LogP contribution in [-0.4, -0.2) is 14.5 Å². The minimum atomic E-state index is 0.940. The van der Waals surface area contributed by atoms with Crippen LogP contribution in [0.1, 0.15) is 0 Å². The van der Waals surface area contributed by atoms with Crippen LogP contribution in [0, 0.1) is 0 Å². The minimum Gasteiger partial charge on any atom is -0.309 e. The first-order valence-electron chi connectivity index (χ1n) is 16.7. The second kappa shape index (κ2) is 11.0. The van der Waals surface area contributed by atoms with Crippen LogP contribution < -0.4 is 0 Å². The fourth-order valence-corrected chi connectivity index (χ4v) is 7.59. The Morgan fingerprint density at radius 2 is 0.755 bits per heavy atom. The molecule has 10 aromatic rings. The summed E-state index contributed by atoms with van der Waals surface area (Å²) in [7, 11) is 0. The monoisotopic (exact) mass is 623 g/mol. The molecular weight excluding hydrogens is 595 g/mol. The minimum absolute atomic E-state index is 0.940. The van der Waals surface area contributed by atoms with Gasteiger partial charge in [-0.2, -0.15) is 0 Å². The Balaban J connectivity index is 1.05. The molecule has 0 spiro atoms. The zero-order valence-corrected chi connectivity index (χ0v) is 26.6. The van der Waals surface area contributed by atoms with E-state index in [1.807, 2.05) is 0 Å². The molecule has 0 N–H and O–H groups in total. The maximum absolute atomic E-state index is 4.73. The van der Waals surface area contributed by atoms with E-state index in [1.54, 1.807) is 12.4 Å². The third kappa shape index (κ3) is 4.44. The first-order valence-corrected chi connectivity index (χ1v) is 16.7. The van der Waals surface area contributed by atoms with Crippen molar-refractivity contribution in [1.29, 1.82) is 0 Å². The molecule has 10 rings (SSSR count). The fraction of sp³-hybridized carbons (Fsp3) is 0. The van der Waals surface area contributed by atoms with Gasteiger partial charge in [-0.1, -0.05) is 121 Å². The molecule has 0 unspecified atom stereocenters. The Bertz CT molecular complexity index is 2810. The summed E-state index contributed by atoms with van der Waals surface area (Å²) in [4.78, 5) is 9.42. The lowest BCUT2D eigenvalue weighted by Crippen LogP contribution is -1.94. The van der Waals surface area contributed by atoms with Crippen LogP contribution in [0.5, 0.6) is 0 Å². The molecule has 0 aliphatic heterocycles. The lowest BCUT2D eigenvalue weighted by molar-refractivity contribution is 1.18. The normalized spacial score (nSPS) is 11.7. The molecule has 0 fully saturated rings. The van der Waals surface area contributed by atoms with E-state index in [9.17, 15) is 0 Å². The van der Waals surface area contributed by atoms with E-state index in [-0.39, 0.29) is 0 Å². The van der Waals surface area contributed by atoms with Gasteiger partial charge in [-0.25, -0.2) is 0 Å². The molecule has 0 aliphatic carbocycles. The van der Waals surface area contributed by atoms with Gasteiger partial charge in [0.25, 0.3) is 0 Å². The molecule has 2 heterocycles. The van der Waals surface area contributed by atoms with Crippen molar-refractivity contribution in [3.8, 4) is 39.1 Å². The largest absolute Gasteiger partial charge is 0.309 e. The first kappa shape index (κ1) is 27.5. The summed E-state index contributed by atoms with van der Waals surface area (Å²) >= 11 is 0. The molecule has 0 saturated carbocycles. The number of fused-ring (bicyclic) bond motifs is 9. The van der Waals surface area contributed by atoms with Crippen LogP contribution in [0.4, 0.5) is 0 Å². The summed E-state index contributed by atoms with van der Waals surface area (Å²) in [6.07, 6.45) is 3.56. The smallest absolute Gasteiger partial charge is 0.0971 e. The number of nitrogens with zero attached hydrogens (tertiary/aromatic N) is 3. The zero-order valence-electron chi connectivity index (χ0n) is 26.6. The lowest BCUT2D eigenvalue weighted by atomic mass is 9.93. The van der Waals surface area contributed by atoms with Crippen molar-refractivity contribution in [2.45, 2.75) is 0 Å². The van der Waals surface area contributed by atoms with Gasteiger partial charge < -0.3 is 4.57 Å². The summed E-state index contributed by atoms with van der Waals surface area (Å²) in [5.74, 6) is 0. The van der Waals surface area contributed by atoms with Crippen molar-refractivity contribution in [3.05, 3.63) is 176 Å². The number of hydrogen-bond acceptors (Lipinski definition) is 2. The van der Waals surface area contributed by atoms with Crippen LogP contribution in [0.3, 0.4) is 0 Å². The van der Waals surface area contributed by atoms with E-state index in [0.29, 0.717) is 0 Å². The van der Waals surface area contributed by atoms with Crippen molar-refractivity contribution in [3.63, 3.8) is 0 Å². The number of benzene rings is 8. The van der Waals surface area contributed by atoms with Crippen LogP contribution >= 0.6 is 0 Å². The Morgan fingerprint density at radius 1 is 0.306 bits per heavy atom. The van der Waals surface area contributed by atoms with Gasteiger partial charge in [-0.3, -0.25) is 9.97 Å². The molecule has 0 bridgehead atoms. The highest BCUT2D eigenvalue weighted by Gasteiger charge is 2.14. The van der Waals surface area contributed by atoms with Crippen molar-refractivity contribution < 1.29 is 0 Å². The molecule has 0 aliphatic rings. The lowest BCUT2D eigenvalue weighted by Gasteiger charge is -2.12. The number of hydrogen-bond donors (Lipinski definition) is 0. The Kier molecular flexibility index (Phi) is 6.18. The maximum Gasteiger partial charge on any atom is 0.0971 e. The van der Waals surface area contributed by atoms with Crippen molar-refractivity contribution >= 4 is 54.4 Å². The quantitative estimate of drug-likeness (QED) is 0.183. The highest BCUT2D eigenvalue weighted by atomic mass is 15.0. The number of aromatic nitrogens is 3. The Labute approximate surface area is 283 Å². The maximum atomic E-state index is 4.73. The summed E-state index contributed by atoms with van der Waals surface area (Å²) in [6, 6.07) is 59.2. The zero-order chi connectivity index (χ0) is 32.3. The second-order valence-corrected chi connectivity index (χ2v) is 12.6. The summed E-state index contributed by atoms with van der Waals surface area (Å²) < 4.78 is 2.38. The van der Waals surface area contributed by atoms with Crippen molar-refractivity contribution in [1.82, 2.24) is 14.5 Å². The molecule has 0 radical (unpaired) electrons. The molecule has 2 aromatic heterocycles. The molecule has 8 aromatic carbocycles. The molecule has 0 amide bonds. The Hall–Kier alpha value is -6.58. The SMILES string of the molecule is c1cc(-c2cccc(-c3ccc4c(c3)c3ccccc3c3nccnc43)c2)cc(-c2cccc(-n3c4ccccc4c4ccccc43)c2)c1. The van der Waals surface area contributed by atoms with Crippen LogP contribution in [-0.2, 0) is 0 Å². The molecule has 3 heteroatoms. The average molecular weight is 624 g/mol. The van der Waals surface area contributed by atoms with Gasteiger partial charge in [-0.15, -0.1) is 0 Å². The van der Waals surface area contributed by atoms with Gasteiger partial charge >= 0.3 is 0 Å². The van der Waals surface area contributed by atoms with Crippen molar-refractivity contribution in [2.75, 3.05) is 0 Å². The van der Waals surface area contributed by atoms with Gasteiger partial charge in [0.05, 0.1) is 22.1 Å². The van der Waals surface area contributed by atoms with E-state index < -0.39 is 0 Å². The first-order chi connectivity index (χ1) is 24.3. The predicted octanol–water partition coefficient (Wildman–Crippen LogP) is 12.0.